The molecule has 0 saturated carbocycles. The van der Waals surface area contributed by atoms with Crippen LogP contribution in [0.1, 0.15) is 34.1 Å². The molecular formula is C11H23NO5S. The van der Waals surface area contributed by atoms with Gasteiger partial charge in [-0.3, -0.25) is 4.79 Å². The Kier molecular flexibility index (Phi) is 5.77. The molecule has 7 heteroatoms. The highest BCUT2D eigenvalue weighted by atomic mass is 32.2. The van der Waals surface area contributed by atoms with E-state index in [0.717, 1.165) is 0 Å². The van der Waals surface area contributed by atoms with Gasteiger partial charge in [0.05, 0.1) is 25.4 Å². The monoisotopic (exact) mass is 281 g/mol. The Balaban J connectivity index is 4.22. The van der Waals surface area contributed by atoms with Crippen LogP contribution in [0.5, 0.6) is 0 Å². The minimum absolute atomic E-state index is 0.00260. The second-order valence-electron chi connectivity index (χ2n) is 6.20. The Labute approximate surface area is 109 Å². The van der Waals surface area contributed by atoms with Gasteiger partial charge in [-0.1, -0.05) is 27.7 Å². The van der Waals surface area contributed by atoms with Crippen molar-refractivity contribution >= 4 is 16.0 Å². The first kappa shape index (κ1) is 17.3. The summed E-state index contributed by atoms with van der Waals surface area (Å²) < 4.78 is 27.4. The van der Waals surface area contributed by atoms with E-state index in [9.17, 15) is 13.2 Å². The highest BCUT2D eigenvalue weighted by Gasteiger charge is 2.27. The first-order valence-electron chi connectivity index (χ1n) is 5.63. The van der Waals surface area contributed by atoms with Crippen molar-refractivity contribution in [1.82, 2.24) is 0 Å². The van der Waals surface area contributed by atoms with Crippen molar-refractivity contribution < 1.29 is 23.1 Å². The fourth-order valence-corrected chi connectivity index (χ4v) is 2.82. The summed E-state index contributed by atoms with van der Waals surface area (Å²) >= 11 is 0. The van der Waals surface area contributed by atoms with E-state index in [0.29, 0.717) is 0 Å². The quantitative estimate of drug-likeness (QED) is 0.685. The number of ether oxygens (including phenoxy) is 1. The lowest BCUT2D eigenvalue weighted by molar-refractivity contribution is -0.140. The average Bonchev–Trinajstić information content (AvgIpc) is 1.93. The molecular weight excluding hydrogens is 258 g/mol. The molecule has 0 unspecified atom stereocenters. The predicted molar refractivity (Wildman–Crippen MR) is 68.6 cm³/mol. The van der Waals surface area contributed by atoms with Crippen LogP contribution in [0, 0.1) is 10.8 Å². The zero-order chi connectivity index (χ0) is 14.6. The Bertz CT molecular complexity index is 386. The van der Waals surface area contributed by atoms with E-state index in [1.165, 1.54) is 0 Å². The second kappa shape index (κ2) is 5.99. The molecule has 0 aromatic heterocycles. The fourth-order valence-electron chi connectivity index (χ4n) is 1.65. The van der Waals surface area contributed by atoms with Crippen molar-refractivity contribution in [3.05, 3.63) is 0 Å². The molecule has 18 heavy (non-hydrogen) atoms. The molecule has 0 amide bonds. The van der Waals surface area contributed by atoms with Gasteiger partial charge in [0.2, 0.25) is 10.0 Å². The summed E-state index contributed by atoms with van der Waals surface area (Å²) in [6.07, 6.45) is 0.00260. The van der Waals surface area contributed by atoms with Gasteiger partial charge in [0.15, 0.2) is 0 Å². The number of hydrogen-bond donors (Lipinski definition) is 2. The maximum atomic E-state index is 11.0. The zero-order valence-electron chi connectivity index (χ0n) is 11.4. The number of sulfonamides is 1. The molecule has 0 atom stereocenters. The van der Waals surface area contributed by atoms with Gasteiger partial charge in [-0.05, 0) is 5.41 Å². The number of primary sulfonamides is 1. The number of rotatable bonds is 8. The number of carbonyl (C=O) groups is 1. The van der Waals surface area contributed by atoms with Crippen LogP contribution in [0.3, 0.4) is 0 Å². The summed E-state index contributed by atoms with van der Waals surface area (Å²) in [5, 5.41) is 13.7. The summed E-state index contributed by atoms with van der Waals surface area (Å²) in [5.74, 6) is -1.05. The highest BCUT2D eigenvalue weighted by molar-refractivity contribution is 7.89. The number of hydrogen-bond acceptors (Lipinski definition) is 4. The summed E-state index contributed by atoms with van der Waals surface area (Å²) in [6.45, 7) is 7.52. The molecule has 0 aliphatic heterocycles. The van der Waals surface area contributed by atoms with Gasteiger partial charge >= 0.3 is 5.97 Å². The van der Waals surface area contributed by atoms with Gasteiger partial charge in [-0.25, -0.2) is 13.6 Å². The molecule has 0 aromatic carbocycles. The largest absolute Gasteiger partial charge is 0.481 e. The Hall–Kier alpha value is -0.660. The smallest absolute Gasteiger partial charge is 0.303 e. The fraction of sp³-hybridized carbons (Fsp3) is 0.909. The van der Waals surface area contributed by atoms with E-state index in [4.69, 9.17) is 15.0 Å². The summed E-state index contributed by atoms with van der Waals surface area (Å²) in [7, 11) is -3.54. The molecule has 0 aliphatic rings. The van der Waals surface area contributed by atoms with Gasteiger partial charge in [0, 0.05) is 5.41 Å². The van der Waals surface area contributed by atoms with Gasteiger partial charge in [0.25, 0.3) is 0 Å². The average molecular weight is 281 g/mol. The minimum atomic E-state index is -3.54. The number of nitrogens with two attached hydrogens (primary N) is 1. The van der Waals surface area contributed by atoms with Crippen molar-refractivity contribution in [2.24, 2.45) is 16.0 Å². The van der Waals surface area contributed by atoms with Crippen LogP contribution in [0.15, 0.2) is 0 Å². The lowest BCUT2D eigenvalue weighted by atomic mass is 9.90. The van der Waals surface area contributed by atoms with E-state index in [1.54, 1.807) is 27.7 Å². The van der Waals surface area contributed by atoms with E-state index < -0.39 is 26.8 Å². The molecule has 0 aromatic rings. The van der Waals surface area contributed by atoms with Crippen LogP contribution in [0.2, 0.25) is 0 Å². The molecule has 0 fully saturated rings. The predicted octanol–water partition coefficient (Wildman–Crippen LogP) is 0.819. The maximum absolute atomic E-state index is 11.0. The molecule has 0 bridgehead atoms. The van der Waals surface area contributed by atoms with Crippen molar-refractivity contribution in [2.75, 3.05) is 19.0 Å². The first-order valence-corrected chi connectivity index (χ1v) is 7.35. The highest BCUT2D eigenvalue weighted by Crippen LogP contribution is 2.23. The number of aliphatic carboxylic acids is 1. The molecule has 0 radical (unpaired) electrons. The van der Waals surface area contributed by atoms with Gasteiger partial charge in [0.1, 0.15) is 0 Å². The van der Waals surface area contributed by atoms with Crippen LogP contribution in [0.4, 0.5) is 0 Å². The summed E-state index contributed by atoms with van der Waals surface area (Å²) in [6, 6.07) is 0. The maximum Gasteiger partial charge on any atom is 0.303 e. The number of carboxylic acid groups (broad SMARTS) is 1. The van der Waals surface area contributed by atoms with Crippen LogP contribution in [-0.2, 0) is 19.6 Å². The lowest BCUT2D eigenvalue weighted by Crippen LogP contribution is -2.34. The van der Waals surface area contributed by atoms with E-state index in [1.807, 2.05) is 0 Å². The molecule has 0 aliphatic carbocycles. The minimum Gasteiger partial charge on any atom is -0.481 e. The molecule has 6 nitrogen and oxygen atoms in total. The van der Waals surface area contributed by atoms with E-state index in [-0.39, 0.29) is 25.4 Å². The third-order valence-corrected chi connectivity index (χ3v) is 3.39. The Morgan fingerprint density at radius 1 is 1.17 bits per heavy atom. The van der Waals surface area contributed by atoms with Gasteiger partial charge in [-0.15, -0.1) is 0 Å². The molecule has 108 valence electrons. The molecule has 0 spiro atoms. The second-order valence-corrected chi connectivity index (χ2v) is 7.81. The van der Waals surface area contributed by atoms with Crippen LogP contribution < -0.4 is 5.14 Å². The standard InChI is InChI=1S/C11H23NO5S/c1-10(2,5-9(13)14)6-17-7-11(3,4)8-18(12,15)16/h5-8H2,1-4H3,(H,13,14)(H2,12,15,16). The van der Waals surface area contributed by atoms with Gasteiger partial charge < -0.3 is 9.84 Å². The Morgan fingerprint density at radius 3 is 2.00 bits per heavy atom. The third-order valence-electron chi connectivity index (χ3n) is 2.21. The van der Waals surface area contributed by atoms with E-state index >= 15 is 0 Å². The summed E-state index contributed by atoms with van der Waals surface area (Å²) in [4.78, 5) is 10.6. The Morgan fingerprint density at radius 2 is 1.61 bits per heavy atom. The molecule has 0 saturated heterocycles. The topological polar surface area (TPSA) is 107 Å². The molecule has 3 N–H and O–H groups in total. The normalized spacial score (nSPS) is 13.6. The number of carboxylic acids is 1. The van der Waals surface area contributed by atoms with Crippen LogP contribution in [-0.4, -0.2) is 38.5 Å². The lowest BCUT2D eigenvalue weighted by Gasteiger charge is -2.27. The van der Waals surface area contributed by atoms with Crippen molar-refractivity contribution in [2.45, 2.75) is 34.1 Å². The van der Waals surface area contributed by atoms with Gasteiger partial charge in [-0.2, -0.15) is 0 Å². The van der Waals surface area contributed by atoms with Crippen molar-refractivity contribution in [3.63, 3.8) is 0 Å². The SMILES string of the molecule is CC(C)(COCC(C)(C)CS(N)(=O)=O)CC(=O)O. The molecule has 0 heterocycles. The van der Waals surface area contributed by atoms with Crippen LogP contribution in [0.25, 0.3) is 0 Å². The van der Waals surface area contributed by atoms with Crippen LogP contribution >= 0.6 is 0 Å². The molecule has 0 rings (SSSR count). The first-order chi connectivity index (χ1) is 7.83. The zero-order valence-corrected chi connectivity index (χ0v) is 12.2. The summed E-state index contributed by atoms with van der Waals surface area (Å²) in [5.41, 5.74) is -1.07. The van der Waals surface area contributed by atoms with Crippen molar-refractivity contribution in [3.8, 4) is 0 Å². The van der Waals surface area contributed by atoms with Crippen molar-refractivity contribution in [1.29, 1.82) is 0 Å². The van der Waals surface area contributed by atoms with E-state index in [2.05, 4.69) is 0 Å². The third kappa shape index (κ3) is 9.38.